The monoisotopic (exact) mass is 336 g/mol. The second-order valence-corrected chi connectivity index (χ2v) is 6.51. The van der Waals surface area contributed by atoms with Crippen LogP contribution < -0.4 is 5.48 Å². The van der Waals surface area contributed by atoms with Crippen molar-refractivity contribution in [2.45, 2.75) is 19.4 Å². The zero-order valence-corrected chi connectivity index (χ0v) is 14.3. The Morgan fingerprint density at radius 3 is 2.32 bits per heavy atom. The number of likely N-dealkylation sites (tertiary alicyclic amines) is 1. The Morgan fingerprint density at radius 2 is 1.68 bits per heavy atom. The van der Waals surface area contributed by atoms with Gasteiger partial charge in [-0.15, -0.1) is 0 Å². The Bertz CT molecular complexity index is 702. The molecule has 1 saturated heterocycles. The Kier molecular flexibility index (Phi) is 5.99. The number of piperidine rings is 1. The van der Waals surface area contributed by atoms with Gasteiger partial charge in [0, 0.05) is 12.6 Å². The maximum Gasteiger partial charge on any atom is 0.267 e. The van der Waals surface area contributed by atoms with Crippen molar-refractivity contribution in [3.05, 3.63) is 72.3 Å². The average Bonchev–Trinajstić information content (AvgIpc) is 2.68. The molecule has 1 amide bonds. The van der Waals surface area contributed by atoms with Gasteiger partial charge in [0.2, 0.25) is 0 Å². The Balaban J connectivity index is 1.51. The van der Waals surface area contributed by atoms with Crippen molar-refractivity contribution in [1.82, 2.24) is 10.4 Å². The summed E-state index contributed by atoms with van der Waals surface area (Å²) in [5, 5.41) is 8.50. The van der Waals surface area contributed by atoms with Gasteiger partial charge in [-0.25, -0.2) is 5.48 Å². The average molecular weight is 336 g/mol. The molecule has 0 atom stereocenters. The number of nitrogens with one attached hydrogen (secondary N) is 1. The van der Waals surface area contributed by atoms with Crippen molar-refractivity contribution in [2.75, 3.05) is 13.1 Å². The molecule has 2 aromatic carbocycles. The second-order valence-electron chi connectivity index (χ2n) is 6.51. The zero-order chi connectivity index (χ0) is 17.5. The fourth-order valence-corrected chi connectivity index (χ4v) is 3.26. The quantitative estimate of drug-likeness (QED) is 0.498. The fourth-order valence-electron chi connectivity index (χ4n) is 3.26. The number of hydrogen-bond donors (Lipinski definition) is 2. The second kappa shape index (κ2) is 8.60. The van der Waals surface area contributed by atoms with Crippen LogP contribution >= 0.6 is 0 Å². The summed E-state index contributed by atoms with van der Waals surface area (Å²) in [6, 6.07) is 19.2. The van der Waals surface area contributed by atoms with Crippen molar-refractivity contribution in [3.63, 3.8) is 0 Å². The van der Waals surface area contributed by atoms with E-state index >= 15 is 0 Å². The normalized spacial score (nSPS) is 16.2. The molecular weight excluding hydrogens is 312 g/mol. The molecule has 2 aromatic rings. The van der Waals surface area contributed by atoms with Crippen LogP contribution in [0.3, 0.4) is 0 Å². The first kappa shape index (κ1) is 17.4. The van der Waals surface area contributed by atoms with Gasteiger partial charge in [0.15, 0.2) is 0 Å². The molecule has 3 rings (SSSR count). The standard InChI is InChI=1S/C21H24N2O2/c24-21(22-25)11-8-17-12-14-23(15-13-17)16-18-6-9-20(10-7-18)19-4-2-1-3-5-19/h1-11,17,25H,12-16H2,(H,22,24)/b11-8+. The molecule has 4 nitrogen and oxygen atoms in total. The summed E-state index contributed by atoms with van der Waals surface area (Å²) in [4.78, 5) is 13.5. The first-order valence-electron chi connectivity index (χ1n) is 8.73. The minimum atomic E-state index is -0.457. The van der Waals surface area contributed by atoms with Crippen LogP contribution in [-0.2, 0) is 11.3 Å². The summed E-state index contributed by atoms with van der Waals surface area (Å²) in [6.07, 6.45) is 5.40. The van der Waals surface area contributed by atoms with Crippen LogP contribution in [0, 0.1) is 5.92 Å². The number of rotatable bonds is 5. The molecule has 0 spiro atoms. The van der Waals surface area contributed by atoms with E-state index < -0.39 is 5.91 Å². The zero-order valence-electron chi connectivity index (χ0n) is 14.3. The van der Waals surface area contributed by atoms with E-state index in [1.807, 2.05) is 12.1 Å². The summed E-state index contributed by atoms with van der Waals surface area (Å²) >= 11 is 0. The van der Waals surface area contributed by atoms with Crippen molar-refractivity contribution in [3.8, 4) is 11.1 Å². The molecule has 0 saturated carbocycles. The van der Waals surface area contributed by atoms with Crippen molar-refractivity contribution in [1.29, 1.82) is 0 Å². The third kappa shape index (κ3) is 5.02. The Labute approximate surface area is 148 Å². The third-order valence-corrected chi connectivity index (χ3v) is 4.73. The van der Waals surface area contributed by atoms with Gasteiger partial charge in [-0.05, 0) is 48.5 Å². The van der Waals surface area contributed by atoms with Crippen molar-refractivity contribution < 1.29 is 10.0 Å². The lowest BCUT2D eigenvalue weighted by atomic mass is 9.96. The van der Waals surface area contributed by atoms with Gasteiger partial charge in [-0.1, -0.05) is 60.7 Å². The van der Waals surface area contributed by atoms with Crippen molar-refractivity contribution in [2.24, 2.45) is 5.92 Å². The molecule has 2 N–H and O–H groups in total. The van der Waals surface area contributed by atoms with Gasteiger partial charge in [-0.2, -0.15) is 0 Å². The van der Waals surface area contributed by atoms with Crippen LogP contribution in [0.5, 0.6) is 0 Å². The third-order valence-electron chi connectivity index (χ3n) is 4.73. The highest BCUT2D eigenvalue weighted by atomic mass is 16.5. The van der Waals surface area contributed by atoms with E-state index in [9.17, 15) is 4.79 Å². The first-order chi connectivity index (χ1) is 12.2. The van der Waals surface area contributed by atoms with E-state index in [2.05, 4.69) is 53.4 Å². The summed E-state index contributed by atoms with van der Waals surface area (Å²) in [5.41, 5.74) is 5.44. The number of hydrogen-bond acceptors (Lipinski definition) is 3. The number of carbonyl (C=O) groups excluding carboxylic acids is 1. The molecule has 0 aliphatic carbocycles. The van der Waals surface area contributed by atoms with Gasteiger partial charge in [0.05, 0.1) is 0 Å². The maximum absolute atomic E-state index is 11.0. The van der Waals surface area contributed by atoms with Crippen LogP contribution in [0.25, 0.3) is 11.1 Å². The van der Waals surface area contributed by atoms with Crippen LogP contribution in [0.2, 0.25) is 0 Å². The molecular formula is C21H24N2O2. The molecule has 4 heteroatoms. The summed E-state index contributed by atoms with van der Waals surface area (Å²) in [5.74, 6) is -0.0463. The summed E-state index contributed by atoms with van der Waals surface area (Å²) in [6.45, 7) is 3.01. The van der Waals surface area contributed by atoms with Crippen LogP contribution in [0.4, 0.5) is 0 Å². The Morgan fingerprint density at radius 1 is 1.04 bits per heavy atom. The highest BCUT2D eigenvalue weighted by Gasteiger charge is 2.17. The van der Waals surface area contributed by atoms with E-state index in [-0.39, 0.29) is 0 Å². The van der Waals surface area contributed by atoms with E-state index in [1.165, 1.54) is 22.8 Å². The van der Waals surface area contributed by atoms with Gasteiger partial charge < -0.3 is 0 Å². The summed E-state index contributed by atoms with van der Waals surface area (Å²) < 4.78 is 0. The van der Waals surface area contributed by atoms with Crippen LogP contribution in [0.15, 0.2) is 66.7 Å². The van der Waals surface area contributed by atoms with E-state index in [0.29, 0.717) is 5.92 Å². The predicted molar refractivity (Wildman–Crippen MR) is 98.9 cm³/mol. The van der Waals surface area contributed by atoms with Crippen LogP contribution in [0.1, 0.15) is 18.4 Å². The predicted octanol–water partition coefficient (Wildman–Crippen LogP) is 3.63. The SMILES string of the molecule is O=C(/C=C/C1CCN(Cc2ccc(-c3ccccc3)cc2)CC1)NO. The number of benzene rings is 2. The number of carbonyl (C=O) groups is 1. The van der Waals surface area contributed by atoms with Gasteiger partial charge in [-0.3, -0.25) is 14.9 Å². The lowest BCUT2D eigenvalue weighted by molar-refractivity contribution is -0.124. The van der Waals surface area contributed by atoms with E-state index in [1.54, 1.807) is 5.48 Å². The minimum absolute atomic E-state index is 0.411. The molecule has 0 unspecified atom stereocenters. The van der Waals surface area contributed by atoms with Gasteiger partial charge in [0.1, 0.15) is 0 Å². The molecule has 0 bridgehead atoms. The topological polar surface area (TPSA) is 52.6 Å². The molecule has 130 valence electrons. The number of allylic oxidation sites excluding steroid dienone is 1. The fraction of sp³-hybridized carbons (Fsp3) is 0.286. The molecule has 25 heavy (non-hydrogen) atoms. The Hall–Kier alpha value is -2.43. The smallest absolute Gasteiger partial charge is 0.267 e. The highest BCUT2D eigenvalue weighted by molar-refractivity contribution is 5.86. The largest absolute Gasteiger partial charge is 0.299 e. The van der Waals surface area contributed by atoms with Gasteiger partial charge in [0.25, 0.3) is 5.91 Å². The minimum Gasteiger partial charge on any atom is -0.299 e. The van der Waals surface area contributed by atoms with Crippen LogP contribution in [-0.4, -0.2) is 29.1 Å². The number of nitrogens with zero attached hydrogens (tertiary/aromatic N) is 1. The lowest BCUT2D eigenvalue weighted by Crippen LogP contribution is -2.32. The molecule has 0 aromatic heterocycles. The highest BCUT2D eigenvalue weighted by Crippen LogP contribution is 2.22. The first-order valence-corrected chi connectivity index (χ1v) is 8.73. The number of hydroxylamine groups is 1. The maximum atomic E-state index is 11.0. The number of amides is 1. The summed E-state index contributed by atoms with van der Waals surface area (Å²) in [7, 11) is 0. The molecule has 1 aliphatic heterocycles. The van der Waals surface area contributed by atoms with Gasteiger partial charge >= 0.3 is 0 Å². The van der Waals surface area contributed by atoms with E-state index in [4.69, 9.17) is 5.21 Å². The molecule has 1 fully saturated rings. The molecule has 1 aliphatic rings. The molecule has 1 heterocycles. The lowest BCUT2D eigenvalue weighted by Gasteiger charge is -2.30. The molecule has 0 radical (unpaired) electrons. The van der Waals surface area contributed by atoms with Crippen molar-refractivity contribution >= 4 is 5.91 Å². The van der Waals surface area contributed by atoms with E-state index in [0.717, 1.165) is 32.5 Å².